The van der Waals surface area contributed by atoms with Crippen LogP contribution in [-0.4, -0.2) is 19.8 Å². The van der Waals surface area contributed by atoms with Crippen molar-refractivity contribution in [3.05, 3.63) is 7.11 Å². The van der Waals surface area contributed by atoms with Crippen molar-refractivity contribution in [3.63, 3.8) is 0 Å². The molecule has 52 valence electrons. The Labute approximate surface area is 56.2 Å². The molecule has 0 saturated carbocycles. The van der Waals surface area contributed by atoms with E-state index >= 15 is 0 Å². The lowest BCUT2D eigenvalue weighted by Gasteiger charge is -2.20. The zero-order valence-corrected chi connectivity index (χ0v) is 5.51. The third kappa shape index (κ3) is 2.33. The van der Waals surface area contributed by atoms with E-state index in [0.29, 0.717) is 12.5 Å². The van der Waals surface area contributed by atoms with Gasteiger partial charge >= 0.3 is 0 Å². The third-order valence-corrected chi connectivity index (χ3v) is 1.67. The highest BCUT2D eigenvalue weighted by Gasteiger charge is 2.12. The molecule has 1 aliphatic rings. The van der Waals surface area contributed by atoms with Gasteiger partial charge in [-0.1, -0.05) is 0 Å². The fraction of sp³-hybridized carbons (Fsp3) is 0.857. The first-order valence-electron chi connectivity index (χ1n) is 3.33. The van der Waals surface area contributed by atoms with Gasteiger partial charge in [0, 0.05) is 13.2 Å². The first kappa shape index (κ1) is 7.03. The SMILES string of the molecule is [CH]OCC1CCOCC1. The van der Waals surface area contributed by atoms with Crippen molar-refractivity contribution < 1.29 is 9.47 Å². The van der Waals surface area contributed by atoms with Gasteiger partial charge in [0.25, 0.3) is 0 Å². The van der Waals surface area contributed by atoms with Crippen LogP contribution >= 0.6 is 0 Å². The van der Waals surface area contributed by atoms with Gasteiger partial charge in [-0.25, -0.2) is 0 Å². The maximum absolute atomic E-state index is 5.15. The van der Waals surface area contributed by atoms with Gasteiger partial charge in [-0.05, 0) is 18.8 Å². The molecule has 0 aliphatic carbocycles. The van der Waals surface area contributed by atoms with Crippen molar-refractivity contribution in [2.75, 3.05) is 19.8 Å². The normalized spacial score (nSPS) is 22.3. The Morgan fingerprint density at radius 1 is 1.44 bits per heavy atom. The van der Waals surface area contributed by atoms with Gasteiger partial charge in [0.1, 0.15) is 7.11 Å². The van der Waals surface area contributed by atoms with Gasteiger partial charge < -0.3 is 9.47 Å². The molecule has 2 heteroatoms. The fourth-order valence-corrected chi connectivity index (χ4v) is 1.05. The lowest BCUT2D eigenvalue weighted by molar-refractivity contribution is 0.0409. The van der Waals surface area contributed by atoms with Gasteiger partial charge in [0.05, 0.1) is 6.61 Å². The average molecular weight is 128 g/mol. The predicted molar refractivity (Wildman–Crippen MR) is 33.8 cm³/mol. The van der Waals surface area contributed by atoms with E-state index in [1.54, 1.807) is 0 Å². The standard InChI is InChI=1S/C7H12O2/c1-8-6-7-2-4-9-5-3-7/h1,7H,2-6H2. The Balaban J connectivity index is 2.08. The topological polar surface area (TPSA) is 18.5 Å². The molecule has 1 fully saturated rings. The van der Waals surface area contributed by atoms with Crippen LogP contribution in [0.1, 0.15) is 12.8 Å². The molecule has 2 nitrogen and oxygen atoms in total. The molecule has 1 rings (SSSR count). The Kier molecular flexibility index (Phi) is 3.01. The largest absolute Gasteiger partial charge is 0.381 e. The highest BCUT2D eigenvalue weighted by molar-refractivity contribution is 4.61. The van der Waals surface area contributed by atoms with Crippen LogP contribution in [0, 0.1) is 13.0 Å². The monoisotopic (exact) mass is 128 g/mol. The van der Waals surface area contributed by atoms with Gasteiger partial charge in [-0.2, -0.15) is 0 Å². The molecule has 0 unspecified atom stereocenters. The minimum absolute atomic E-state index is 0.628. The molecule has 0 bridgehead atoms. The van der Waals surface area contributed by atoms with Gasteiger partial charge in [-0.15, -0.1) is 0 Å². The van der Waals surface area contributed by atoms with Crippen LogP contribution in [0.4, 0.5) is 0 Å². The second-order valence-electron chi connectivity index (χ2n) is 2.39. The predicted octanol–water partition coefficient (Wildman–Crippen LogP) is 1.10. The highest BCUT2D eigenvalue weighted by Crippen LogP contribution is 2.13. The molecule has 1 saturated heterocycles. The van der Waals surface area contributed by atoms with Crippen molar-refractivity contribution in [1.29, 1.82) is 0 Å². The molecule has 0 aromatic rings. The first-order chi connectivity index (χ1) is 4.43. The molecule has 1 aliphatic heterocycles. The van der Waals surface area contributed by atoms with E-state index in [9.17, 15) is 0 Å². The lowest BCUT2D eigenvalue weighted by Crippen LogP contribution is -2.18. The zero-order chi connectivity index (χ0) is 6.53. The average Bonchev–Trinajstić information content (AvgIpc) is 1.91. The van der Waals surface area contributed by atoms with E-state index in [2.05, 4.69) is 4.74 Å². The maximum Gasteiger partial charge on any atom is 0.115 e. The van der Waals surface area contributed by atoms with Gasteiger partial charge in [-0.3, -0.25) is 0 Å². The molecule has 0 N–H and O–H groups in total. The Morgan fingerprint density at radius 3 is 2.67 bits per heavy atom. The smallest absolute Gasteiger partial charge is 0.115 e. The van der Waals surface area contributed by atoms with E-state index < -0.39 is 0 Å². The fourth-order valence-electron chi connectivity index (χ4n) is 1.05. The maximum atomic E-state index is 5.15. The van der Waals surface area contributed by atoms with E-state index in [-0.39, 0.29) is 0 Å². The zero-order valence-electron chi connectivity index (χ0n) is 5.51. The molecular weight excluding hydrogens is 116 g/mol. The number of rotatable bonds is 2. The van der Waals surface area contributed by atoms with Crippen molar-refractivity contribution in [3.8, 4) is 0 Å². The second-order valence-corrected chi connectivity index (χ2v) is 2.39. The molecule has 0 aromatic carbocycles. The van der Waals surface area contributed by atoms with Crippen molar-refractivity contribution in [2.24, 2.45) is 5.92 Å². The van der Waals surface area contributed by atoms with Crippen LogP contribution < -0.4 is 0 Å². The van der Waals surface area contributed by atoms with E-state index in [1.807, 2.05) is 0 Å². The molecule has 0 amide bonds. The lowest BCUT2D eigenvalue weighted by atomic mass is 10.0. The Morgan fingerprint density at radius 2 is 2.11 bits per heavy atom. The van der Waals surface area contributed by atoms with Crippen LogP contribution in [0.3, 0.4) is 0 Å². The summed E-state index contributed by atoms with van der Waals surface area (Å²) in [4.78, 5) is 0. The minimum Gasteiger partial charge on any atom is -0.381 e. The summed E-state index contributed by atoms with van der Waals surface area (Å²) in [6.45, 7) is 2.42. The number of hydrogen-bond acceptors (Lipinski definition) is 2. The molecule has 1 heterocycles. The quantitative estimate of drug-likeness (QED) is 0.554. The Hall–Kier alpha value is -0.0800. The van der Waals surface area contributed by atoms with Gasteiger partial charge in [0.2, 0.25) is 0 Å². The summed E-state index contributed by atoms with van der Waals surface area (Å²) in [6.07, 6.45) is 2.19. The molecule has 9 heavy (non-hydrogen) atoms. The van der Waals surface area contributed by atoms with Crippen LogP contribution in [0.2, 0.25) is 0 Å². The van der Waals surface area contributed by atoms with Crippen LogP contribution in [0.15, 0.2) is 0 Å². The summed E-state index contributed by atoms with van der Waals surface area (Å²) < 4.78 is 9.68. The molecule has 0 aromatic heterocycles. The Bertz CT molecular complexity index is 64.6. The third-order valence-electron chi connectivity index (χ3n) is 1.67. The number of hydrogen-bond donors (Lipinski definition) is 0. The first-order valence-corrected chi connectivity index (χ1v) is 3.33. The molecule has 0 atom stereocenters. The van der Waals surface area contributed by atoms with Crippen LogP contribution in [-0.2, 0) is 9.47 Å². The van der Waals surface area contributed by atoms with Crippen molar-refractivity contribution in [1.82, 2.24) is 0 Å². The van der Waals surface area contributed by atoms with Gasteiger partial charge in [0.15, 0.2) is 0 Å². The summed E-state index contributed by atoms with van der Waals surface area (Å²) in [5.41, 5.74) is 0. The summed E-state index contributed by atoms with van der Waals surface area (Å²) in [6, 6.07) is 0. The van der Waals surface area contributed by atoms with Crippen molar-refractivity contribution >= 4 is 0 Å². The van der Waals surface area contributed by atoms with Crippen molar-refractivity contribution in [2.45, 2.75) is 12.8 Å². The molecular formula is C7H12O2. The minimum atomic E-state index is 0.628. The molecule has 2 radical (unpaired) electrons. The summed E-state index contributed by atoms with van der Waals surface area (Å²) in [5, 5.41) is 0. The summed E-state index contributed by atoms with van der Waals surface area (Å²) in [7, 11) is 4.92. The number of ether oxygens (including phenoxy) is 2. The van der Waals surface area contributed by atoms with E-state index in [1.165, 1.54) is 0 Å². The van der Waals surface area contributed by atoms with Crippen LogP contribution in [0.5, 0.6) is 0 Å². The van der Waals surface area contributed by atoms with Crippen LogP contribution in [0.25, 0.3) is 0 Å². The van der Waals surface area contributed by atoms with E-state index in [0.717, 1.165) is 26.1 Å². The second kappa shape index (κ2) is 3.85. The van der Waals surface area contributed by atoms with E-state index in [4.69, 9.17) is 11.8 Å². The summed E-state index contributed by atoms with van der Waals surface area (Å²) >= 11 is 0. The highest BCUT2D eigenvalue weighted by atomic mass is 16.5. The molecule has 0 spiro atoms. The summed E-state index contributed by atoms with van der Waals surface area (Å²) in [5.74, 6) is 0.628.